The molecule has 1 aromatic rings. The fourth-order valence-corrected chi connectivity index (χ4v) is 4.05. The Hall–Kier alpha value is -0.280. The van der Waals surface area contributed by atoms with Gasteiger partial charge in [-0.1, -0.05) is 0 Å². The van der Waals surface area contributed by atoms with Gasteiger partial charge in [-0.05, 0) is 28.9 Å². The maximum atomic E-state index is 13.7. The Kier molecular flexibility index (Phi) is 5.91. The van der Waals surface area contributed by atoms with Crippen LogP contribution in [0.15, 0.2) is 21.5 Å². The Labute approximate surface area is 131 Å². The van der Waals surface area contributed by atoms with Gasteiger partial charge in [-0.25, -0.2) is 17.2 Å². The van der Waals surface area contributed by atoms with Gasteiger partial charge in [-0.3, -0.25) is 0 Å². The van der Waals surface area contributed by atoms with E-state index in [-0.39, 0.29) is 36.0 Å². The lowest BCUT2D eigenvalue weighted by molar-refractivity contribution is 0.309. The Morgan fingerprint density at radius 2 is 2.00 bits per heavy atom. The van der Waals surface area contributed by atoms with Crippen molar-refractivity contribution in [3.05, 3.63) is 28.2 Å². The molecule has 1 aliphatic heterocycles. The van der Waals surface area contributed by atoms with Crippen molar-refractivity contribution in [1.29, 1.82) is 0 Å². The van der Waals surface area contributed by atoms with Crippen LogP contribution < -0.4 is 5.32 Å². The molecule has 20 heavy (non-hydrogen) atoms. The molecule has 1 saturated heterocycles. The maximum Gasteiger partial charge on any atom is 0.246 e. The minimum Gasteiger partial charge on any atom is -0.312 e. The minimum atomic E-state index is -3.94. The fourth-order valence-electron chi connectivity index (χ4n) is 1.96. The lowest BCUT2D eigenvalue weighted by atomic mass is 10.3. The van der Waals surface area contributed by atoms with Crippen LogP contribution in [0.5, 0.6) is 0 Å². The molecule has 1 N–H and O–H groups in total. The predicted molar refractivity (Wildman–Crippen MR) is 77.5 cm³/mol. The molecule has 0 unspecified atom stereocenters. The number of piperazine rings is 1. The van der Waals surface area contributed by atoms with Crippen molar-refractivity contribution in [2.75, 3.05) is 19.6 Å². The lowest BCUT2D eigenvalue weighted by Gasteiger charge is -2.31. The van der Waals surface area contributed by atoms with E-state index in [0.29, 0.717) is 12.6 Å². The molecule has 0 radical (unpaired) electrons. The van der Waals surface area contributed by atoms with Crippen LogP contribution in [-0.2, 0) is 10.0 Å². The summed E-state index contributed by atoms with van der Waals surface area (Å²) < 4.78 is 52.6. The van der Waals surface area contributed by atoms with Crippen LogP contribution in [0.25, 0.3) is 0 Å². The molecule has 114 valence electrons. The summed E-state index contributed by atoms with van der Waals surface area (Å²) in [5.41, 5.74) is 0. The largest absolute Gasteiger partial charge is 0.312 e. The van der Waals surface area contributed by atoms with E-state index in [1.807, 2.05) is 6.92 Å². The Balaban J connectivity index is 0.00000200. The van der Waals surface area contributed by atoms with Gasteiger partial charge in [0.2, 0.25) is 10.0 Å². The molecule has 1 atom stereocenters. The number of nitrogens with one attached hydrogen (secondary N) is 1. The summed E-state index contributed by atoms with van der Waals surface area (Å²) in [6.45, 7) is 2.88. The summed E-state index contributed by atoms with van der Waals surface area (Å²) in [7, 11) is -3.94. The maximum absolute atomic E-state index is 13.7. The second kappa shape index (κ2) is 6.65. The van der Waals surface area contributed by atoms with Gasteiger partial charge in [-0.15, -0.1) is 12.4 Å². The predicted octanol–water partition coefficient (Wildman–Crippen LogP) is 2.13. The quantitative estimate of drug-likeness (QED) is 0.786. The Morgan fingerprint density at radius 3 is 2.60 bits per heavy atom. The number of rotatable bonds is 2. The molecule has 1 heterocycles. The molecule has 1 fully saturated rings. The first-order chi connectivity index (χ1) is 8.82. The Bertz CT molecular complexity index is 600. The monoisotopic (exact) mass is 390 g/mol. The average Bonchev–Trinajstić information content (AvgIpc) is 2.33. The van der Waals surface area contributed by atoms with E-state index in [2.05, 4.69) is 21.2 Å². The number of halogens is 4. The van der Waals surface area contributed by atoms with Crippen LogP contribution in [0.2, 0.25) is 0 Å². The summed E-state index contributed by atoms with van der Waals surface area (Å²) in [6.07, 6.45) is 0. The third kappa shape index (κ3) is 3.48. The van der Waals surface area contributed by atoms with Crippen molar-refractivity contribution >= 4 is 38.4 Å². The molecule has 9 heteroatoms. The number of benzene rings is 1. The number of hydrogen-bond donors (Lipinski definition) is 1. The zero-order valence-corrected chi connectivity index (χ0v) is 13.8. The van der Waals surface area contributed by atoms with Crippen LogP contribution in [0.1, 0.15) is 6.92 Å². The van der Waals surface area contributed by atoms with Crippen molar-refractivity contribution in [3.8, 4) is 0 Å². The zero-order valence-electron chi connectivity index (χ0n) is 10.6. The highest BCUT2D eigenvalue weighted by atomic mass is 79.9. The van der Waals surface area contributed by atoms with Crippen LogP contribution in [-0.4, -0.2) is 38.4 Å². The average molecular weight is 392 g/mol. The van der Waals surface area contributed by atoms with Gasteiger partial charge in [-0.2, -0.15) is 4.31 Å². The van der Waals surface area contributed by atoms with Crippen LogP contribution >= 0.6 is 28.3 Å². The van der Waals surface area contributed by atoms with E-state index in [4.69, 9.17) is 0 Å². The summed E-state index contributed by atoms with van der Waals surface area (Å²) in [5, 5.41) is 3.10. The molecule has 1 aromatic carbocycles. The number of hydrogen-bond acceptors (Lipinski definition) is 3. The van der Waals surface area contributed by atoms with Crippen molar-refractivity contribution < 1.29 is 17.2 Å². The van der Waals surface area contributed by atoms with Crippen molar-refractivity contribution in [1.82, 2.24) is 9.62 Å². The summed E-state index contributed by atoms with van der Waals surface area (Å²) in [4.78, 5) is -0.505. The van der Waals surface area contributed by atoms with E-state index in [0.717, 1.165) is 6.07 Å². The first-order valence-corrected chi connectivity index (χ1v) is 7.94. The van der Waals surface area contributed by atoms with Crippen molar-refractivity contribution in [2.24, 2.45) is 0 Å². The van der Waals surface area contributed by atoms with E-state index in [9.17, 15) is 17.2 Å². The van der Waals surface area contributed by atoms with E-state index in [1.165, 1.54) is 4.31 Å². The Morgan fingerprint density at radius 1 is 1.35 bits per heavy atom. The molecule has 0 saturated carbocycles. The van der Waals surface area contributed by atoms with Crippen LogP contribution in [0.4, 0.5) is 8.78 Å². The lowest BCUT2D eigenvalue weighted by Crippen LogP contribution is -2.51. The van der Waals surface area contributed by atoms with Crippen molar-refractivity contribution in [3.63, 3.8) is 0 Å². The van der Waals surface area contributed by atoms with Gasteiger partial charge >= 0.3 is 0 Å². The SMILES string of the molecule is C[C@H]1CN(S(=O)(=O)c2cc(Br)c(F)cc2F)CCN1.Cl. The van der Waals surface area contributed by atoms with E-state index < -0.39 is 26.6 Å². The van der Waals surface area contributed by atoms with Gasteiger partial charge in [0.15, 0.2) is 0 Å². The molecule has 0 aromatic heterocycles. The van der Waals surface area contributed by atoms with Gasteiger partial charge in [0.25, 0.3) is 0 Å². The van der Waals surface area contributed by atoms with E-state index in [1.54, 1.807) is 0 Å². The highest BCUT2D eigenvalue weighted by Gasteiger charge is 2.31. The van der Waals surface area contributed by atoms with Crippen molar-refractivity contribution in [2.45, 2.75) is 17.9 Å². The minimum absolute atomic E-state index is 0. The molecule has 0 spiro atoms. The summed E-state index contributed by atoms with van der Waals surface area (Å²) in [5.74, 6) is -1.91. The topological polar surface area (TPSA) is 49.4 Å². The van der Waals surface area contributed by atoms with Gasteiger partial charge in [0, 0.05) is 31.7 Å². The highest BCUT2D eigenvalue weighted by Crippen LogP contribution is 2.26. The molecule has 4 nitrogen and oxygen atoms in total. The zero-order chi connectivity index (χ0) is 14.2. The first-order valence-electron chi connectivity index (χ1n) is 5.70. The molecule has 0 amide bonds. The number of sulfonamides is 1. The smallest absolute Gasteiger partial charge is 0.246 e. The third-order valence-corrected chi connectivity index (χ3v) is 5.41. The second-order valence-corrected chi connectivity index (χ2v) is 7.18. The first kappa shape index (κ1) is 17.8. The number of nitrogens with zero attached hydrogens (tertiary/aromatic N) is 1. The fraction of sp³-hybridized carbons (Fsp3) is 0.455. The molecule has 0 aliphatic carbocycles. The van der Waals surface area contributed by atoms with Crippen LogP contribution in [0.3, 0.4) is 0 Å². The summed E-state index contributed by atoms with van der Waals surface area (Å²) in [6, 6.07) is 1.53. The molecule has 0 bridgehead atoms. The second-order valence-electron chi connectivity index (χ2n) is 4.41. The molecular formula is C11H14BrClF2N2O2S. The standard InChI is InChI=1S/C11H13BrF2N2O2S.ClH/c1-7-6-16(3-2-15-7)19(17,18)11-4-8(12)9(13)5-10(11)14;/h4-5,7,15H,2-3,6H2,1H3;1H/t7-;/m0./s1. The van der Waals surface area contributed by atoms with Crippen LogP contribution in [0, 0.1) is 11.6 Å². The van der Waals surface area contributed by atoms with Gasteiger partial charge in [0.1, 0.15) is 16.5 Å². The van der Waals surface area contributed by atoms with Gasteiger partial charge < -0.3 is 5.32 Å². The summed E-state index contributed by atoms with van der Waals surface area (Å²) >= 11 is 2.87. The molecule has 1 aliphatic rings. The van der Waals surface area contributed by atoms with Gasteiger partial charge in [0.05, 0.1) is 4.47 Å². The molecular weight excluding hydrogens is 378 g/mol. The normalized spacial score (nSPS) is 20.5. The highest BCUT2D eigenvalue weighted by molar-refractivity contribution is 9.10. The van der Waals surface area contributed by atoms with E-state index >= 15 is 0 Å². The third-order valence-electron chi connectivity index (χ3n) is 2.92. The molecule has 2 rings (SSSR count).